The lowest BCUT2D eigenvalue weighted by Gasteiger charge is -2.47. The average Bonchev–Trinajstić information content (AvgIpc) is 3.32. The van der Waals surface area contributed by atoms with Gasteiger partial charge in [-0.15, -0.1) is 0 Å². The van der Waals surface area contributed by atoms with Crippen molar-refractivity contribution in [2.24, 2.45) is 17.6 Å². The Morgan fingerprint density at radius 3 is 2.81 bits per heavy atom. The van der Waals surface area contributed by atoms with Crippen molar-refractivity contribution >= 4 is 57.1 Å². The molecule has 0 unspecified atom stereocenters. The van der Waals surface area contributed by atoms with E-state index in [9.17, 15) is 19.8 Å². The van der Waals surface area contributed by atoms with Crippen LogP contribution in [0, 0.1) is 11.8 Å². The van der Waals surface area contributed by atoms with Gasteiger partial charge in [-0.05, 0) is 13.2 Å². The molecule has 0 saturated carbocycles. The van der Waals surface area contributed by atoms with Gasteiger partial charge in [0.2, 0.25) is 15.8 Å². The summed E-state index contributed by atoms with van der Waals surface area (Å²) < 4.78 is 4.23. The second-order valence-electron chi connectivity index (χ2n) is 7.83. The zero-order valence-corrected chi connectivity index (χ0v) is 20.1. The normalized spacial score (nSPS) is 24.1. The number of rotatable bonds is 9. The van der Waals surface area contributed by atoms with Gasteiger partial charge in [-0.3, -0.25) is 4.79 Å². The molecular formula is C20H26N4O4S3. The molecule has 0 radical (unpaired) electrons. The van der Waals surface area contributed by atoms with Crippen molar-refractivity contribution in [3.05, 3.63) is 23.1 Å². The molecule has 2 aliphatic rings. The number of aliphatic hydroxyl groups is 1. The van der Waals surface area contributed by atoms with Gasteiger partial charge in [0.1, 0.15) is 12.7 Å². The smallest absolute Gasteiger partial charge is 0.250 e. The number of aliphatic hydroxyl groups excluding tert-OH is 1. The fourth-order valence-electron chi connectivity index (χ4n) is 4.65. The van der Waals surface area contributed by atoms with E-state index >= 15 is 0 Å². The maximum Gasteiger partial charge on any atom is 0.250 e. The zero-order chi connectivity index (χ0) is 22.4. The Labute approximate surface area is 193 Å². The maximum absolute atomic E-state index is 12.6. The van der Waals surface area contributed by atoms with E-state index in [0.29, 0.717) is 12.1 Å². The molecule has 2 aromatic rings. The first-order valence-corrected chi connectivity index (χ1v) is 13.3. The number of aryl methyl sites for hydroxylation is 1. The molecule has 0 aliphatic carbocycles. The molecule has 4 rings (SSSR count). The topological polar surface area (TPSA) is 115 Å². The minimum atomic E-state index is -1.35. The Bertz CT molecular complexity index is 1060. The minimum Gasteiger partial charge on any atom is -0.543 e. The third kappa shape index (κ3) is 3.60. The first-order valence-electron chi connectivity index (χ1n) is 10.1. The van der Waals surface area contributed by atoms with Crippen LogP contribution in [-0.2, 0) is 16.1 Å². The van der Waals surface area contributed by atoms with Crippen molar-refractivity contribution in [3.63, 3.8) is 0 Å². The molecule has 8 nitrogen and oxygen atoms in total. The highest BCUT2D eigenvalue weighted by atomic mass is 32.2. The summed E-state index contributed by atoms with van der Waals surface area (Å²) in [7, 11) is 0. The fourth-order valence-corrected chi connectivity index (χ4v) is 7.55. The predicted octanol–water partition coefficient (Wildman–Crippen LogP) is 0.0206. The Kier molecular flexibility index (Phi) is 6.42. The molecule has 1 fully saturated rings. The van der Waals surface area contributed by atoms with Crippen molar-refractivity contribution in [3.8, 4) is 0 Å². The van der Waals surface area contributed by atoms with Gasteiger partial charge < -0.3 is 25.6 Å². The lowest BCUT2D eigenvalue weighted by molar-refractivity contribution is -0.725. The number of hydrogen-bond donors (Lipinski definition) is 2. The highest BCUT2D eigenvalue weighted by molar-refractivity contribution is 7.99. The summed E-state index contributed by atoms with van der Waals surface area (Å²) in [6.07, 6.45) is 5.17. The highest BCUT2D eigenvalue weighted by Gasteiger charge is 2.59. The van der Waals surface area contributed by atoms with Gasteiger partial charge >= 0.3 is 0 Å². The van der Waals surface area contributed by atoms with E-state index in [1.807, 2.05) is 41.9 Å². The number of thioether (sulfide) groups is 2. The summed E-state index contributed by atoms with van der Waals surface area (Å²) in [6.45, 7) is 5.04. The monoisotopic (exact) mass is 482 g/mol. The van der Waals surface area contributed by atoms with Gasteiger partial charge in [0.05, 0.1) is 34.6 Å². The number of carbonyl (C=O) groups excluding carboxylic acids is 2. The van der Waals surface area contributed by atoms with Gasteiger partial charge in [-0.25, -0.2) is 4.57 Å². The van der Waals surface area contributed by atoms with Gasteiger partial charge in [-0.2, -0.15) is 16.2 Å². The lowest BCUT2D eigenvalue weighted by Crippen LogP contribution is -2.64. The van der Waals surface area contributed by atoms with Crippen molar-refractivity contribution in [1.29, 1.82) is 0 Å². The number of hydrogen-bond acceptors (Lipinski definition) is 8. The van der Waals surface area contributed by atoms with Crippen molar-refractivity contribution in [2.75, 3.05) is 24.3 Å². The third-order valence-electron chi connectivity index (χ3n) is 5.97. The number of carbonyl (C=O) groups is 2. The number of thiazole rings is 1. The van der Waals surface area contributed by atoms with Crippen LogP contribution in [0.1, 0.15) is 18.7 Å². The zero-order valence-electron chi connectivity index (χ0n) is 17.6. The van der Waals surface area contributed by atoms with Crippen LogP contribution in [0.25, 0.3) is 10.4 Å². The van der Waals surface area contributed by atoms with E-state index in [1.54, 1.807) is 18.7 Å². The fraction of sp³-hybridized carbons (Fsp3) is 0.550. The van der Waals surface area contributed by atoms with Crippen LogP contribution in [0.15, 0.2) is 23.2 Å². The van der Waals surface area contributed by atoms with E-state index < -0.39 is 18.0 Å². The summed E-state index contributed by atoms with van der Waals surface area (Å²) in [4.78, 5) is 27.7. The van der Waals surface area contributed by atoms with E-state index in [-0.39, 0.29) is 23.6 Å². The summed E-state index contributed by atoms with van der Waals surface area (Å²) in [6, 6.07) is -0.346. The molecule has 11 heteroatoms. The molecule has 3 N–H and O–H groups in total. The molecule has 1 saturated heterocycles. The summed E-state index contributed by atoms with van der Waals surface area (Å²) in [5.41, 5.74) is 6.13. The number of aromatic nitrogens is 2. The van der Waals surface area contributed by atoms with Crippen LogP contribution in [0.5, 0.6) is 0 Å². The molecule has 1 amide bonds. The number of β-lactam (4-membered cyclic amide) rings is 1. The van der Waals surface area contributed by atoms with Gasteiger partial charge in [0.15, 0.2) is 0 Å². The SMILES string of the molecule is CSc1c2sc(C3=C(C(=O)[O-])N4C(=O)[C@H]([C@@H](C)O)[C@@H]4[C@H]3C)cn2c[n+]1CCSCCN. The largest absolute Gasteiger partial charge is 0.543 e. The number of amides is 1. The average molecular weight is 483 g/mol. The van der Waals surface area contributed by atoms with Crippen LogP contribution in [0.3, 0.4) is 0 Å². The number of nitrogens with two attached hydrogens (primary N) is 1. The van der Waals surface area contributed by atoms with Crippen LogP contribution >= 0.6 is 34.9 Å². The van der Waals surface area contributed by atoms with E-state index in [4.69, 9.17) is 5.73 Å². The van der Waals surface area contributed by atoms with Crippen molar-refractivity contribution < 1.29 is 24.4 Å². The molecule has 2 aromatic heterocycles. The Hall–Kier alpha value is -1.53. The predicted molar refractivity (Wildman–Crippen MR) is 121 cm³/mol. The number of carboxylic acid groups (broad SMARTS) is 1. The molecule has 0 aromatic carbocycles. The molecule has 168 valence electrons. The Morgan fingerprint density at radius 1 is 1.45 bits per heavy atom. The molecule has 31 heavy (non-hydrogen) atoms. The van der Waals surface area contributed by atoms with Crippen LogP contribution < -0.4 is 15.4 Å². The van der Waals surface area contributed by atoms with Gasteiger partial charge in [-0.1, -0.05) is 30.0 Å². The number of aliphatic carboxylic acids is 1. The van der Waals surface area contributed by atoms with E-state index in [0.717, 1.165) is 32.8 Å². The number of imidazole rings is 1. The molecule has 4 heterocycles. The van der Waals surface area contributed by atoms with Gasteiger partial charge in [0, 0.05) is 29.5 Å². The first kappa shape index (κ1) is 22.7. The quantitative estimate of drug-likeness (QED) is 0.224. The number of carboxylic acids is 1. The van der Waals surface area contributed by atoms with Crippen LogP contribution in [0.2, 0.25) is 0 Å². The van der Waals surface area contributed by atoms with Crippen molar-refractivity contribution in [1.82, 2.24) is 9.30 Å². The van der Waals surface area contributed by atoms with E-state index in [1.165, 1.54) is 16.2 Å². The summed E-state index contributed by atoms with van der Waals surface area (Å²) >= 11 is 5.00. The highest BCUT2D eigenvalue weighted by Crippen LogP contribution is 2.51. The molecule has 0 spiro atoms. The standard InChI is InChI=1S/C20H26N4O4S3/c1-10-13(16(20(27)28)24-15(10)14(11(2)25)17(24)26)12-8-23-9-22(5-7-30-6-4-21)18(29-3)19(23)31-12/h8-11,14-15,25H,4-7,21H2,1-3H3/t10-,11+,14+,15-/m0/s1. The molecular weight excluding hydrogens is 456 g/mol. The Morgan fingerprint density at radius 2 is 2.19 bits per heavy atom. The molecule has 2 aliphatic heterocycles. The number of fused-ring (bicyclic) bond motifs is 2. The van der Waals surface area contributed by atoms with Crippen LogP contribution in [-0.4, -0.2) is 62.7 Å². The Balaban J connectivity index is 1.70. The number of nitrogens with zero attached hydrogens (tertiary/aromatic N) is 3. The summed E-state index contributed by atoms with van der Waals surface area (Å²) in [5.74, 6) is -0.576. The van der Waals surface area contributed by atoms with E-state index in [2.05, 4.69) is 4.57 Å². The molecule has 4 atom stereocenters. The first-order chi connectivity index (χ1) is 14.8. The lowest BCUT2D eigenvalue weighted by atomic mass is 9.77. The maximum atomic E-state index is 12.6. The second-order valence-corrected chi connectivity index (χ2v) is 10.9. The van der Waals surface area contributed by atoms with Crippen molar-refractivity contribution in [2.45, 2.75) is 37.6 Å². The molecule has 0 bridgehead atoms. The summed E-state index contributed by atoms with van der Waals surface area (Å²) in [5, 5.41) is 23.1. The minimum absolute atomic E-state index is 0.0549. The van der Waals surface area contributed by atoms with Crippen LogP contribution in [0.4, 0.5) is 0 Å². The second kappa shape index (κ2) is 8.78. The van der Waals surface area contributed by atoms with Gasteiger partial charge in [0.25, 0.3) is 6.33 Å². The third-order valence-corrected chi connectivity index (χ3v) is 9.05.